The van der Waals surface area contributed by atoms with E-state index >= 15 is 0 Å². The highest BCUT2D eigenvalue weighted by atomic mass is 16.2. The van der Waals surface area contributed by atoms with E-state index in [1.54, 1.807) is 0 Å². The van der Waals surface area contributed by atoms with Crippen molar-refractivity contribution < 1.29 is 4.79 Å². The molecule has 4 heteroatoms. The Balaban J connectivity index is 2.53. The monoisotopic (exact) mass is 255 g/mol. The third-order valence-electron chi connectivity index (χ3n) is 4.35. The van der Waals surface area contributed by atoms with Gasteiger partial charge in [-0.3, -0.25) is 9.69 Å². The van der Waals surface area contributed by atoms with Gasteiger partial charge in [0.25, 0.3) is 0 Å². The van der Waals surface area contributed by atoms with Crippen LogP contribution in [0.4, 0.5) is 0 Å². The van der Waals surface area contributed by atoms with Gasteiger partial charge in [0.2, 0.25) is 5.91 Å². The van der Waals surface area contributed by atoms with Crippen molar-refractivity contribution in [2.45, 2.75) is 52.6 Å². The number of carbonyl (C=O) groups excluding carboxylic acids is 1. The Morgan fingerprint density at radius 2 is 2.00 bits per heavy atom. The lowest BCUT2D eigenvalue weighted by molar-refractivity contribution is -0.132. The summed E-state index contributed by atoms with van der Waals surface area (Å²) in [6.07, 6.45) is 2.04. The molecule has 1 saturated heterocycles. The Labute approximate surface area is 111 Å². The van der Waals surface area contributed by atoms with Crippen LogP contribution in [-0.4, -0.2) is 54.0 Å². The third-order valence-corrected chi connectivity index (χ3v) is 4.35. The molecular formula is C14H29N3O. The van der Waals surface area contributed by atoms with E-state index in [4.69, 9.17) is 5.73 Å². The van der Waals surface area contributed by atoms with Crippen molar-refractivity contribution in [3.63, 3.8) is 0 Å². The number of hydrogen-bond donors (Lipinski definition) is 1. The maximum Gasteiger partial charge on any atom is 0.239 e. The molecule has 0 aromatic rings. The van der Waals surface area contributed by atoms with Gasteiger partial charge in [-0.1, -0.05) is 34.1 Å². The minimum Gasteiger partial charge on any atom is -0.340 e. The Kier molecular flexibility index (Phi) is 6.09. The van der Waals surface area contributed by atoms with Gasteiger partial charge in [0.15, 0.2) is 0 Å². The van der Waals surface area contributed by atoms with E-state index in [0.717, 1.165) is 39.0 Å². The number of hydrogen-bond acceptors (Lipinski definition) is 3. The van der Waals surface area contributed by atoms with Gasteiger partial charge in [-0.2, -0.15) is 0 Å². The number of carbonyl (C=O) groups is 1. The van der Waals surface area contributed by atoms with E-state index < -0.39 is 0 Å². The van der Waals surface area contributed by atoms with E-state index in [9.17, 15) is 4.79 Å². The van der Waals surface area contributed by atoms with Crippen molar-refractivity contribution in [3.8, 4) is 0 Å². The molecular weight excluding hydrogens is 226 g/mol. The largest absolute Gasteiger partial charge is 0.340 e. The minimum atomic E-state index is -0.328. The zero-order valence-corrected chi connectivity index (χ0v) is 12.4. The molecule has 1 fully saturated rings. The number of rotatable bonds is 6. The average Bonchev–Trinajstić information content (AvgIpc) is 2.87. The van der Waals surface area contributed by atoms with Crippen molar-refractivity contribution in [3.05, 3.63) is 0 Å². The molecule has 3 atom stereocenters. The molecule has 0 aromatic heterocycles. The van der Waals surface area contributed by atoms with E-state index in [-0.39, 0.29) is 17.9 Å². The molecule has 1 amide bonds. The predicted octanol–water partition coefficient (Wildman–Crippen LogP) is 1.30. The standard InChI is InChI=1S/C14H29N3O/c1-5-11(4)13(15)14(18)17-9-8-12(10-17)16(6-2)7-3/h11-13H,5-10,15H2,1-4H3/t11-,12?,13-/m0/s1. The first-order valence-corrected chi connectivity index (χ1v) is 7.33. The summed E-state index contributed by atoms with van der Waals surface area (Å²) in [5, 5.41) is 0. The summed E-state index contributed by atoms with van der Waals surface area (Å²) in [6, 6.07) is 0.193. The lowest BCUT2D eigenvalue weighted by Crippen LogP contribution is -2.47. The Hall–Kier alpha value is -0.610. The minimum absolute atomic E-state index is 0.138. The first kappa shape index (κ1) is 15.4. The fraction of sp³-hybridized carbons (Fsp3) is 0.929. The number of likely N-dealkylation sites (N-methyl/N-ethyl adjacent to an activating group) is 1. The summed E-state index contributed by atoms with van der Waals surface area (Å²) in [5.74, 6) is 0.406. The summed E-state index contributed by atoms with van der Waals surface area (Å²) in [5.41, 5.74) is 6.03. The average molecular weight is 255 g/mol. The van der Waals surface area contributed by atoms with E-state index in [1.807, 2.05) is 4.90 Å². The molecule has 0 saturated carbocycles. The van der Waals surface area contributed by atoms with Crippen LogP contribution in [-0.2, 0) is 4.79 Å². The van der Waals surface area contributed by atoms with Crippen LogP contribution in [0.3, 0.4) is 0 Å². The highest BCUT2D eigenvalue weighted by molar-refractivity contribution is 5.82. The summed E-state index contributed by atoms with van der Waals surface area (Å²) >= 11 is 0. The zero-order valence-electron chi connectivity index (χ0n) is 12.4. The normalized spacial score (nSPS) is 23.4. The molecule has 0 bridgehead atoms. The maximum absolute atomic E-state index is 12.3. The quantitative estimate of drug-likeness (QED) is 0.778. The molecule has 2 N–H and O–H groups in total. The second-order valence-electron chi connectivity index (χ2n) is 5.36. The summed E-state index contributed by atoms with van der Waals surface area (Å²) in [7, 11) is 0. The number of nitrogens with two attached hydrogens (primary N) is 1. The van der Waals surface area contributed by atoms with Gasteiger partial charge in [-0.25, -0.2) is 0 Å². The van der Waals surface area contributed by atoms with E-state index in [1.165, 1.54) is 0 Å². The van der Waals surface area contributed by atoms with Crippen LogP contribution in [0, 0.1) is 5.92 Å². The highest BCUT2D eigenvalue weighted by Crippen LogP contribution is 2.18. The van der Waals surface area contributed by atoms with Crippen molar-refractivity contribution >= 4 is 5.91 Å². The molecule has 106 valence electrons. The summed E-state index contributed by atoms with van der Waals surface area (Å²) < 4.78 is 0. The molecule has 1 unspecified atom stereocenters. The molecule has 1 heterocycles. The molecule has 0 spiro atoms. The van der Waals surface area contributed by atoms with Crippen LogP contribution in [0.15, 0.2) is 0 Å². The van der Waals surface area contributed by atoms with Gasteiger partial charge >= 0.3 is 0 Å². The second-order valence-corrected chi connectivity index (χ2v) is 5.36. The zero-order chi connectivity index (χ0) is 13.7. The van der Waals surface area contributed by atoms with Crippen molar-refractivity contribution in [2.24, 2.45) is 11.7 Å². The third kappa shape index (κ3) is 3.45. The smallest absolute Gasteiger partial charge is 0.239 e. The fourth-order valence-corrected chi connectivity index (χ4v) is 2.69. The topological polar surface area (TPSA) is 49.6 Å². The van der Waals surface area contributed by atoms with Crippen LogP contribution >= 0.6 is 0 Å². The molecule has 0 aliphatic carbocycles. The Morgan fingerprint density at radius 3 is 2.50 bits per heavy atom. The fourth-order valence-electron chi connectivity index (χ4n) is 2.69. The molecule has 0 radical (unpaired) electrons. The molecule has 1 rings (SSSR count). The Bertz CT molecular complexity index is 266. The summed E-state index contributed by atoms with van der Waals surface area (Å²) in [6.45, 7) is 12.3. The van der Waals surface area contributed by atoms with Crippen LogP contribution in [0.2, 0.25) is 0 Å². The number of nitrogens with zero attached hydrogens (tertiary/aromatic N) is 2. The first-order chi connectivity index (χ1) is 8.54. The highest BCUT2D eigenvalue weighted by Gasteiger charge is 2.32. The van der Waals surface area contributed by atoms with Gasteiger partial charge in [0.05, 0.1) is 6.04 Å². The number of amides is 1. The van der Waals surface area contributed by atoms with Crippen LogP contribution in [0.25, 0.3) is 0 Å². The molecule has 18 heavy (non-hydrogen) atoms. The van der Waals surface area contributed by atoms with Gasteiger partial charge in [0.1, 0.15) is 0 Å². The Morgan fingerprint density at radius 1 is 1.39 bits per heavy atom. The molecule has 0 aromatic carbocycles. The number of likely N-dealkylation sites (tertiary alicyclic amines) is 1. The van der Waals surface area contributed by atoms with Crippen LogP contribution in [0.1, 0.15) is 40.5 Å². The molecule has 1 aliphatic heterocycles. The van der Waals surface area contributed by atoms with Gasteiger partial charge in [-0.15, -0.1) is 0 Å². The van der Waals surface area contributed by atoms with Crippen LogP contribution in [0.5, 0.6) is 0 Å². The second kappa shape index (κ2) is 7.10. The molecule has 4 nitrogen and oxygen atoms in total. The molecule has 1 aliphatic rings. The van der Waals surface area contributed by atoms with Gasteiger partial charge in [-0.05, 0) is 25.4 Å². The van der Waals surface area contributed by atoms with Crippen LogP contribution < -0.4 is 5.73 Å². The lowest BCUT2D eigenvalue weighted by atomic mass is 9.99. The predicted molar refractivity (Wildman–Crippen MR) is 75.3 cm³/mol. The van der Waals surface area contributed by atoms with Gasteiger partial charge < -0.3 is 10.6 Å². The maximum atomic E-state index is 12.3. The van der Waals surface area contributed by atoms with Crippen molar-refractivity contribution in [1.82, 2.24) is 9.80 Å². The lowest BCUT2D eigenvalue weighted by Gasteiger charge is -2.27. The SMILES string of the molecule is CC[C@H](C)[C@H](N)C(=O)N1CCC(N(CC)CC)C1. The van der Waals surface area contributed by atoms with Crippen molar-refractivity contribution in [1.29, 1.82) is 0 Å². The van der Waals surface area contributed by atoms with E-state index in [0.29, 0.717) is 6.04 Å². The summed E-state index contributed by atoms with van der Waals surface area (Å²) in [4.78, 5) is 16.7. The first-order valence-electron chi connectivity index (χ1n) is 7.33. The van der Waals surface area contributed by atoms with Crippen molar-refractivity contribution in [2.75, 3.05) is 26.2 Å². The van der Waals surface area contributed by atoms with E-state index in [2.05, 4.69) is 32.6 Å². The van der Waals surface area contributed by atoms with Gasteiger partial charge in [0, 0.05) is 19.1 Å².